The molecule has 0 aromatic heterocycles. The zero-order valence-electron chi connectivity index (χ0n) is 10.3. The third kappa shape index (κ3) is 5.79. The van der Waals surface area contributed by atoms with Crippen LogP contribution < -0.4 is 5.32 Å². The molecule has 1 rings (SSSR count). The normalized spacial score (nSPS) is 21.4. The van der Waals surface area contributed by atoms with E-state index in [1.165, 1.54) is 56.8 Å². The van der Waals surface area contributed by atoms with Crippen LogP contribution in [0.25, 0.3) is 0 Å². The van der Waals surface area contributed by atoms with Crippen LogP contribution in [0.2, 0.25) is 0 Å². The average Bonchev–Trinajstić information content (AvgIpc) is 2.76. The van der Waals surface area contributed by atoms with Gasteiger partial charge in [0, 0.05) is 11.8 Å². The summed E-state index contributed by atoms with van der Waals surface area (Å²) in [5.74, 6) is 2.72. The minimum Gasteiger partial charge on any atom is -0.317 e. The van der Waals surface area contributed by atoms with Crippen molar-refractivity contribution in [3.8, 4) is 0 Å². The topological polar surface area (TPSA) is 15.3 Å². The SMILES string of the molecule is CCCNCCCCN(C)C1CCSC1. The van der Waals surface area contributed by atoms with E-state index in [1.807, 2.05) is 0 Å². The molecule has 1 heterocycles. The van der Waals surface area contributed by atoms with Crippen LogP contribution in [0.1, 0.15) is 32.6 Å². The van der Waals surface area contributed by atoms with Gasteiger partial charge in [0.05, 0.1) is 0 Å². The minimum absolute atomic E-state index is 0.860. The number of hydrogen-bond acceptors (Lipinski definition) is 3. The number of hydrogen-bond donors (Lipinski definition) is 1. The summed E-state index contributed by atoms with van der Waals surface area (Å²) in [6.45, 7) is 5.87. The largest absolute Gasteiger partial charge is 0.317 e. The van der Waals surface area contributed by atoms with E-state index < -0.39 is 0 Å². The summed E-state index contributed by atoms with van der Waals surface area (Å²) in [6.07, 6.45) is 5.31. The molecule has 1 saturated heterocycles. The second kappa shape index (κ2) is 8.43. The Balaban J connectivity index is 1.90. The summed E-state index contributed by atoms with van der Waals surface area (Å²) < 4.78 is 0. The average molecular weight is 230 g/mol. The van der Waals surface area contributed by atoms with Gasteiger partial charge in [-0.3, -0.25) is 0 Å². The summed E-state index contributed by atoms with van der Waals surface area (Å²) in [7, 11) is 2.29. The van der Waals surface area contributed by atoms with Gasteiger partial charge in [-0.05, 0) is 58.1 Å². The van der Waals surface area contributed by atoms with Gasteiger partial charge in [0.1, 0.15) is 0 Å². The molecule has 1 aliphatic rings. The van der Waals surface area contributed by atoms with Crippen LogP contribution in [0.5, 0.6) is 0 Å². The van der Waals surface area contributed by atoms with Gasteiger partial charge in [-0.1, -0.05) is 6.92 Å². The van der Waals surface area contributed by atoms with Crippen molar-refractivity contribution in [2.75, 3.05) is 38.2 Å². The van der Waals surface area contributed by atoms with Crippen molar-refractivity contribution in [2.45, 2.75) is 38.6 Å². The maximum atomic E-state index is 3.46. The highest BCUT2D eigenvalue weighted by Crippen LogP contribution is 2.21. The molecule has 90 valence electrons. The Kier molecular flexibility index (Phi) is 7.49. The van der Waals surface area contributed by atoms with Gasteiger partial charge in [0.2, 0.25) is 0 Å². The Labute approximate surface area is 99.2 Å². The Morgan fingerprint density at radius 2 is 2.20 bits per heavy atom. The molecule has 1 atom stereocenters. The van der Waals surface area contributed by atoms with Gasteiger partial charge in [0.15, 0.2) is 0 Å². The van der Waals surface area contributed by atoms with E-state index in [0.29, 0.717) is 0 Å². The minimum atomic E-state index is 0.860. The van der Waals surface area contributed by atoms with Crippen LogP contribution in [0, 0.1) is 0 Å². The Morgan fingerprint density at radius 1 is 1.33 bits per heavy atom. The molecule has 0 amide bonds. The highest BCUT2D eigenvalue weighted by Gasteiger charge is 2.18. The lowest BCUT2D eigenvalue weighted by atomic mass is 10.2. The lowest BCUT2D eigenvalue weighted by molar-refractivity contribution is 0.257. The van der Waals surface area contributed by atoms with Crippen LogP contribution in [-0.4, -0.2) is 49.1 Å². The summed E-state index contributed by atoms with van der Waals surface area (Å²) >= 11 is 2.11. The Morgan fingerprint density at radius 3 is 2.87 bits per heavy atom. The van der Waals surface area contributed by atoms with Crippen molar-refractivity contribution >= 4 is 11.8 Å². The van der Waals surface area contributed by atoms with Crippen LogP contribution in [0.15, 0.2) is 0 Å². The third-order valence-electron chi connectivity index (χ3n) is 3.07. The molecule has 0 radical (unpaired) electrons. The first kappa shape index (κ1) is 13.3. The first-order valence-electron chi connectivity index (χ1n) is 6.33. The summed E-state index contributed by atoms with van der Waals surface area (Å²) in [5.41, 5.74) is 0. The fourth-order valence-electron chi connectivity index (χ4n) is 1.97. The molecule has 0 aromatic carbocycles. The molecule has 0 spiro atoms. The second-order valence-corrected chi connectivity index (χ2v) is 5.60. The molecule has 2 nitrogen and oxygen atoms in total. The second-order valence-electron chi connectivity index (χ2n) is 4.46. The van der Waals surface area contributed by atoms with Crippen molar-refractivity contribution in [3.05, 3.63) is 0 Å². The molecule has 0 bridgehead atoms. The monoisotopic (exact) mass is 230 g/mol. The number of rotatable bonds is 8. The van der Waals surface area contributed by atoms with Gasteiger partial charge in [-0.25, -0.2) is 0 Å². The van der Waals surface area contributed by atoms with E-state index in [-0.39, 0.29) is 0 Å². The fourth-order valence-corrected chi connectivity index (χ4v) is 3.26. The van der Waals surface area contributed by atoms with Crippen molar-refractivity contribution < 1.29 is 0 Å². The molecule has 3 heteroatoms. The molecular formula is C12H26N2S. The molecule has 0 aliphatic carbocycles. The molecule has 1 fully saturated rings. The first-order valence-corrected chi connectivity index (χ1v) is 7.48. The lowest BCUT2D eigenvalue weighted by Gasteiger charge is -2.23. The van der Waals surface area contributed by atoms with Gasteiger partial charge >= 0.3 is 0 Å². The smallest absolute Gasteiger partial charge is 0.0191 e. The van der Waals surface area contributed by atoms with Crippen LogP contribution in [0.3, 0.4) is 0 Å². The van der Waals surface area contributed by atoms with Crippen molar-refractivity contribution in [3.63, 3.8) is 0 Å². The van der Waals surface area contributed by atoms with E-state index in [0.717, 1.165) is 6.04 Å². The molecule has 15 heavy (non-hydrogen) atoms. The Hall–Kier alpha value is 0.270. The zero-order valence-corrected chi connectivity index (χ0v) is 11.1. The standard InChI is InChI=1S/C12H26N2S/c1-3-7-13-8-4-5-9-14(2)12-6-10-15-11-12/h12-13H,3-11H2,1-2H3. The zero-order chi connectivity index (χ0) is 10.9. The van der Waals surface area contributed by atoms with Gasteiger partial charge in [0.25, 0.3) is 0 Å². The van der Waals surface area contributed by atoms with Crippen LogP contribution >= 0.6 is 11.8 Å². The molecule has 1 N–H and O–H groups in total. The van der Waals surface area contributed by atoms with Gasteiger partial charge in [-0.15, -0.1) is 0 Å². The van der Waals surface area contributed by atoms with Crippen LogP contribution in [0.4, 0.5) is 0 Å². The molecular weight excluding hydrogens is 204 g/mol. The summed E-state index contributed by atoms with van der Waals surface area (Å²) in [5, 5.41) is 3.46. The lowest BCUT2D eigenvalue weighted by Crippen LogP contribution is -2.32. The predicted octanol–water partition coefficient (Wildman–Crippen LogP) is 2.20. The quantitative estimate of drug-likeness (QED) is 0.644. The molecule has 0 aromatic rings. The first-order chi connectivity index (χ1) is 7.34. The van der Waals surface area contributed by atoms with Crippen molar-refractivity contribution in [1.29, 1.82) is 0 Å². The number of unbranched alkanes of at least 4 members (excludes halogenated alkanes) is 1. The molecule has 1 aliphatic heterocycles. The highest BCUT2D eigenvalue weighted by atomic mass is 32.2. The summed E-state index contributed by atoms with van der Waals surface area (Å²) in [4.78, 5) is 2.56. The van der Waals surface area contributed by atoms with E-state index in [1.54, 1.807) is 0 Å². The highest BCUT2D eigenvalue weighted by molar-refractivity contribution is 7.99. The predicted molar refractivity (Wildman–Crippen MR) is 70.8 cm³/mol. The van der Waals surface area contributed by atoms with E-state index in [2.05, 4.69) is 35.9 Å². The van der Waals surface area contributed by atoms with Crippen molar-refractivity contribution in [2.24, 2.45) is 0 Å². The third-order valence-corrected chi connectivity index (χ3v) is 4.22. The van der Waals surface area contributed by atoms with Gasteiger partial charge < -0.3 is 10.2 Å². The fraction of sp³-hybridized carbons (Fsp3) is 1.00. The van der Waals surface area contributed by atoms with E-state index >= 15 is 0 Å². The van der Waals surface area contributed by atoms with E-state index in [9.17, 15) is 0 Å². The van der Waals surface area contributed by atoms with Crippen molar-refractivity contribution in [1.82, 2.24) is 10.2 Å². The molecule has 1 unspecified atom stereocenters. The maximum absolute atomic E-state index is 3.46. The number of thioether (sulfide) groups is 1. The number of nitrogens with one attached hydrogen (secondary N) is 1. The Bertz CT molecular complexity index is 147. The van der Waals surface area contributed by atoms with E-state index in [4.69, 9.17) is 0 Å². The number of nitrogens with zero attached hydrogens (tertiary/aromatic N) is 1. The van der Waals surface area contributed by atoms with Gasteiger partial charge in [-0.2, -0.15) is 11.8 Å². The maximum Gasteiger partial charge on any atom is 0.0191 e. The summed E-state index contributed by atoms with van der Waals surface area (Å²) in [6, 6.07) is 0.860. The van der Waals surface area contributed by atoms with Crippen LogP contribution in [-0.2, 0) is 0 Å². The molecule has 0 saturated carbocycles.